The first-order valence-electron chi connectivity index (χ1n) is 8.54. The lowest BCUT2D eigenvalue weighted by Gasteiger charge is -2.06. The first kappa shape index (κ1) is 20.3. The molecule has 28 heavy (non-hydrogen) atoms. The van der Waals surface area contributed by atoms with E-state index in [2.05, 4.69) is 27.6 Å². The highest BCUT2D eigenvalue weighted by Gasteiger charge is 2.05. The number of hydrogen-bond donors (Lipinski definition) is 0. The number of ether oxygens (including phenoxy) is 1. The Labute approximate surface area is 181 Å². The molecule has 0 aliphatic rings. The Hall–Kier alpha value is -2.39. The van der Waals surface area contributed by atoms with E-state index in [0.29, 0.717) is 6.61 Å². The summed E-state index contributed by atoms with van der Waals surface area (Å²) in [4.78, 5) is 16.8. The van der Waals surface area contributed by atoms with E-state index >= 15 is 0 Å². The van der Waals surface area contributed by atoms with E-state index in [0.717, 1.165) is 30.4 Å². The van der Waals surface area contributed by atoms with Crippen LogP contribution in [0.5, 0.6) is 5.75 Å². The van der Waals surface area contributed by atoms with Crippen LogP contribution in [0.25, 0.3) is 0 Å². The number of nitro benzene ring substituents is 1. The lowest BCUT2D eigenvalue weighted by atomic mass is 10.2. The summed E-state index contributed by atoms with van der Waals surface area (Å²) in [5, 5.41) is 10.7. The molecule has 0 bridgehead atoms. The second-order valence-corrected chi connectivity index (χ2v) is 8.04. The van der Waals surface area contributed by atoms with E-state index in [9.17, 15) is 10.1 Å². The molecule has 0 aliphatic heterocycles. The number of benzene rings is 3. The molecule has 0 unspecified atom stereocenters. The van der Waals surface area contributed by atoms with Crippen molar-refractivity contribution in [1.29, 1.82) is 0 Å². The standard InChI is InChI=1S/C21H17IN2O3S/c1-2-27-21-12-3-15(13-20(21)22)14-23-16-4-8-18(9-5-16)28-19-10-6-17(7-11-19)24(25)26/h3-14H,2H2,1H3. The largest absolute Gasteiger partial charge is 0.493 e. The van der Waals surface area contributed by atoms with Crippen LogP contribution in [0, 0.1) is 13.7 Å². The topological polar surface area (TPSA) is 64.7 Å². The second-order valence-electron chi connectivity index (χ2n) is 5.73. The minimum atomic E-state index is -0.396. The lowest BCUT2D eigenvalue weighted by Crippen LogP contribution is -1.94. The molecule has 0 atom stereocenters. The van der Waals surface area contributed by atoms with Crippen molar-refractivity contribution in [3.8, 4) is 5.75 Å². The summed E-state index contributed by atoms with van der Waals surface area (Å²) in [5.74, 6) is 0.882. The van der Waals surface area contributed by atoms with Gasteiger partial charge in [0, 0.05) is 28.1 Å². The quantitative estimate of drug-likeness (QED) is 0.160. The molecule has 0 heterocycles. The maximum absolute atomic E-state index is 10.7. The highest BCUT2D eigenvalue weighted by molar-refractivity contribution is 14.1. The van der Waals surface area contributed by atoms with Crippen LogP contribution in [-0.2, 0) is 0 Å². The van der Waals surface area contributed by atoms with Crippen molar-refractivity contribution in [2.24, 2.45) is 4.99 Å². The predicted molar refractivity (Wildman–Crippen MR) is 121 cm³/mol. The Morgan fingerprint density at radius 2 is 1.71 bits per heavy atom. The third-order valence-corrected chi connectivity index (χ3v) is 5.60. The third kappa shape index (κ3) is 5.56. The molecule has 3 aromatic carbocycles. The Morgan fingerprint density at radius 1 is 1.07 bits per heavy atom. The van der Waals surface area contributed by atoms with E-state index < -0.39 is 4.92 Å². The van der Waals surface area contributed by atoms with Crippen LogP contribution in [0.4, 0.5) is 11.4 Å². The van der Waals surface area contributed by atoms with Gasteiger partial charge in [0.2, 0.25) is 0 Å². The number of aliphatic imine (C=N–C) groups is 1. The molecule has 7 heteroatoms. The van der Waals surface area contributed by atoms with Crippen LogP contribution in [0.15, 0.2) is 81.5 Å². The van der Waals surface area contributed by atoms with Crippen LogP contribution < -0.4 is 4.74 Å². The fourth-order valence-corrected chi connectivity index (χ4v) is 3.90. The van der Waals surface area contributed by atoms with Crippen molar-refractivity contribution in [3.05, 3.63) is 86.0 Å². The van der Waals surface area contributed by atoms with Crippen LogP contribution >= 0.6 is 34.4 Å². The first-order chi connectivity index (χ1) is 13.5. The molecule has 0 aliphatic carbocycles. The van der Waals surface area contributed by atoms with E-state index in [4.69, 9.17) is 4.74 Å². The molecule has 0 spiro atoms. The highest BCUT2D eigenvalue weighted by atomic mass is 127. The van der Waals surface area contributed by atoms with Crippen molar-refractivity contribution in [1.82, 2.24) is 0 Å². The smallest absolute Gasteiger partial charge is 0.269 e. The van der Waals surface area contributed by atoms with Gasteiger partial charge in [-0.05, 0) is 89.7 Å². The second kappa shape index (κ2) is 9.70. The molecule has 3 aromatic rings. The Kier molecular flexibility index (Phi) is 7.05. The van der Waals surface area contributed by atoms with Crippen LogP contribution in [0.1, 0.15) is 12.5 Å². The Morgan fingerprint density at radius 3 is 2.29 bits per heavy atom. The molecule has 142 valence electrons. The minimum absolute atomic E-state index is 0.0954. The van der Waals surface area contributed by atoms with Gasteiger partial charge in [-0.3, -0.25) is 15.1 Å². The van der Waals surface area contributed by atoms with Crippen molar-refractivity contribution in [2.75, 3.05) is 6.61 Å². The van der Waals surface area contributed by atoms with E-state index in [1.807, 2.05) is 55.6 Å². The fourth-order valence-electron chi connectivity index (χ4n) is 2.39. The van der Waals surface area contributed by atoms with Gasteiger partial charge in [-0.2, -0.15) is 0 Å². The number of halogens is 1. The Bertz CT molecular complexity index is 990. The molecular weight excluding hydrogens is 487 g/mol. The highest BCUT2D eigenvalue weighted by Crippen LogP contribution is 2.30. The van der Waals surface area contributed by atoms with E-state index in [-0.39, 0.29) is 5.69 Å². The predicted octanol–water partition coefficient (Wildman–Crippen LogP) is 6.50. The minimum Gasteiger partial charge on any atom is -0.493 e. The monoisotopic (exact) mass is 504 g/mol. The zero-order valence-corrected chi connectivity index (χ0v) is 18.0. The number of rotatable bonds is 7. The van der Waals surface area contributed by atoms with Gasteiger partial charge in [0.05, 0.1) is 20.8 Å². The lowest BCUT2D eigenvalue weighted by molar-refractivity contribution is -0.384. The van der Waals surface area contributed by atoms with Crippen molar-refractivity contribution < 1.29 is 9.66 Å². The van der Waals surface area contributed by atoms with Crippen molar-refractivity contribution in [2.45, 2.75) is 16.7 Å². The van der Waals surface area contributed by atoms with Gasteiger partial charge in [-0.15, -0.1) is 0 Å². The summed E-state index contributed by atoms with van der Waals surface area (Å²) in [7, 11) is 0. The molecule has 0 radical (unpaired) electrons. The van der Waals surface area contributed by atoms with Gasteiger partial charge in [-0.1, -0.05) is 11.8 Å². The normalized spacial score (nSPS) is 10.9. The van der Waals surface area contributed by atoms with E-state index in [1.165, 1.54) is 12.1 Å². The van der Waals surface area contributed by atoms with Gasteiger partial charge >= 0.3 is 0 Å². The maximum Gasteiger partial charge on any atom is 0.269 e. The molecule has 0 saturated carbocycles. The van der Waals surface area contributed by atoms with Gasteiger partial charge in [0.1, 0.15) is 5.75 Å². The number of non-ortho nitro benzene ring substituents is 1. The fraction of sp³-hybridized carbons (Fsp3) is 0.0952. The summed E-state index contributed by atoms with van der Waals surface area (Å²) in [6.45, 7) is 2.61. The average molecular weight is 504 g/mol. The molecule has 0 amide bonds. The van der Waals surface area contributed by atoms with E-state index in [1.54, 1.807) is 23.9 Å². The molecule has 0 fully saturated rings. The van der Waals surface area contributed by atoms with Crippen molar-refractivity contribution >= 4 is 51.9 Å². The zero-order valence-electron chi connectivity index (χ0n) is 15.0. The molecule has 3 rings (SSSR count). The maximum atomic E-state index is 10.7. The first-order valence-corrected chi connectivity index (χ1v) is 10.4. The summed E-state index contributed by atoms with van der Waals surface area (Å²) in [5.41, 5.74) is 1.96. The summed E-state index contributed by atoms with van der Waals surface area (Å²) < 4.78 is 6.60. The summed E-state index contributed by atoms with van der Waals surface area (Å²) in [6.07, 6.45) is 1.83. The molecule has 0 saturated heterocycles. The van der Waals surface area contributed by atoms with Gasteiger partial charge in [-0.25, -0.2) is 0 Å². The van der Waals surface area contributed by atoms with Gasteiger partial charge in [0.15, 0.2) is 0 Å². The number of nitro groups is 1. The zero-order chi connectivity index (χ0) is 19.9. The molecule has 5 nitrogen and oxygen atoms in total. The number of hydrogen-bond acceptors (Lipinski definition) is 5. The summed E-state index contributed by atoms with van der Waals surface area (Å²) in [6, 6.07) is 20.4. The third-order valence-electron chi connectivity index (χ3n) is 3.74. The number of nitrogens with zero attached hydrogens (tertiary/aromatic N) is 2. The van der Waals surface area contributed by atoms with Crippen molar-refractivity contribution in [3.63, 3.8) is 0 Å². The van der Waals surface area contributed by atoms with Gasteiger partial charge < -0.3 is 4.74 Å². The molecule has 0 aromatic heterocycles. The van der Waals surface area contributed by atoms with Crippen LogP contribution in [-0.4, -0.2) is 17.7 Å². The molecule has 0 N–H and O–H groups in total. The Balaban J connectivity index is 1.64. The van der Waals surface area contributed by atoms with Crippen LogP contribution in [0.2, 0.25) is 0 Å². The summed E-state index contributed by atoms with van der Waals surface area (Å²) >= 11 is 3.81. The molecular formula is C21H17IN2O3S. The van der Waals surface area contributed by atoms with Crippen LogP contribution in [0.3, 0.4) is 0 Å². The average Bonchev–Trinajstić information content (AvgIpc) is 2.70. The SMILES string of the molecule is CCOc1ccc(C=Nc2ccc(Sc3ccc([N+](=O)[O-])cc3)cc2)cc1I. The van der Waals surface area contributed by atoms with Gasteiger partial charge in [0.25, 0.3) is 5.69 Å².